The standard InChI is InChI=1S/C11H15Cl2NO3S/c1-3-8(6-15)14-18(16,17)11-4-7(2)9(12)5-10(11)13/h4-5,8,14-15H,3,6H2,1-2H3/t8-/m1/s1. The molecule has 7 heteroatoms. The van der Waals surface area contributed by atoms with Crippen molar-refractivity contribution in [3.63, 3.8) is 0 Å². The smallest absolute Gasteiger partial charge is 0.242 e. The molecule has 0 aromatic heterocycles. The van der Waals surface area contributed by atoms with Crippen LogP contribution in [0.25, 0.3) is 0 Å². The average molecular weight is 312 g/mol. The van der Waals surface area contributed by atoms with Crippen molar-refractivity contribution in [2.45, 2.75) is 31.2 Å². The zero-order valence-electron chi connectivity index (χ0n) is 10.1. The number of aryl methyl sites for hydroxylation is 1. The predicted octanol–water partition coefficient (Wildman–Crippen LogP) is 2.35. The zero-order chi connectivity index (χ0) is 13.9. The van der Waals surface area contributed by atoms with Gasteiger partial charge in [0.15, 0.2) is 0 Å². The summed E-state index contributed by atoms with van der Waals surface area (Å²) in [7, 11) is -3.75. The maximum absolute atomic E-state index is 12.1. The van der Waals surface area contributed by atoms with E-state index in [2.05, 4.69) is 4.72 Å². The number of sulfonamides is 1. The van der Waals surface area contributed by atoms with Crippen LogP contribution in [0, 0.1) is 6.92 Å². The van der Waals surface area contributed by atoms with Gasteiger partial charge in [-0.3, -0.25) is 0 Å². The van der Waals surface area contributed by atoms with Crippen molar-refractivity contribution in [3.8, 4) is 0 Å². The third kappa shape index (κ3) is 3.59. The normalized spacial score (nSPS) is 13.6. The van der Waals surface area contributed by atoms with Crippen molar-refractivity contribution in [2.24, 2.45) is 0 Å². The molecule has 102 valence electrons. The maximum atomic E-state index is 12.1. The van der Waals surface area contributed by atoms with Crippen molar-refractivity contribution in [1.29, 1.82) is 0 Å². The van der Waals surface area contributed by atoms with Gasteiger partial charge in [-0.25, -0.2) is 13.1 Å². The minimum atomic E-state index is -3.75. The van der Waals surface area contributed by atoms with Gasteiger partial charge in [0.1, 0.15) is 4.90 Å². The fourth-order valence-electron chi connectivity index (χ4n) is 1.37. The third-order valence-corrected chi connectivity index (χ3v) is 4.93. The molecule has 0 spiro atoms. The van der Waals surface area contributed by atoms with E-state index in [1.807, 2.05) is 0 Å². The molecule has 0 aliphatic heterocycles. The Balaban J connectivity index is 3.16. The Bertz CT molecular complexity index is 527. The Morgan fingerprint density at radius 3 is 2.44 bits per heavy atom. The molecule has 0 saturated heterocycles. The second-order valence-electron chi connectivity index (χ2n) is 3.94. The Hall–Kier alpha value is -0.330. The van der Waals surface area contributed by atoms with E-state index in [1.54, 1.807) is 13.8 Å². The topological polar surface area (TPSA) is 66.4 Å². The van der Waals surface area contributed by atoms with Crippen LogP contribution in [0.5, 0.6) is 0 Å². The van der Waals surface area contributed by atoms with Gasteiger partial charge >= 0.3 is 0 Å². The summed E-state index contributed by atoms with van der Waals surface area (Å²) in [5, 5.41) is 9.49. The molecule has 1 atom stereocenters. The molecule has 0 amide bonds. The van der Waals surface area contributed by atoms with Gasteiger partial charge < -0.3 is 5.11 Å². The summed E-state index contributed by atoms with van der Waals surface area (Å²) in [5.41, 5.74) is 0.624. The van der Waals surface area contributed by atoms with Gasteiger partial charge in [0, 0.05) is 11.1 Å². The van der Waals surface area contributed by atoms with Crippen LogP contribution in [0.3, 0.4) is 0 Å². The van der Waals surface area contributed by atoms with Gasteiger partial charge in [-0.05, 0) is 31.0 Å². The molecule has 0 aliphatic carbocycles. The van der Waals surface area contributed by atoms with Crippen molar-refractivity contribution < 1.29 is 13.5 Å². The highest BCUT2D eigenvalue weighted by atomic mass is 35.5. The SMILES string of the molecule is CC[C@H](CO)NS(=O)(=O)c1cc(C)c(Cl)cc1Cl. The summed E-state index contributed by atoms with van der Waals surface area (Å²) in [4.78, 5) is -0.0297. The van der Waals surface area contributed by atoms with Gasteiger partial charge in [-0.1, -0.05) is 30.1 Å². The first-order valence-corrected chi connectivity index (χ1v) is 7.64. The number of aliphatic hydroxyl groups is 1. The van der Waals surface area contributed by atoms with Gasteiger partial charge in [0.2, 0.25) is 10.0 Å². The summed E-state index contributed by atoms with van der Waals surface area (Å²) in [6.07, 6.45) is 0.486. The van der Waals surface area contributed by atoms with Crippen LogP contribution in [-0.4, -0.2) is 26.2 Å². The van der Waals surface area contributed by atoms with Crippen LogP contribution in [0.15, 0.2) is 17.0 Å². The highest BCUT2D eigenvalue weighted by Gasteiger charge is 2.22. The maximum Gasteiger partial charge on any atom is 0.242 e. The van der Waals surface area contributed by atoms with E-state index in [9.17, 15) is 8.42 Å². The number of halogens is 2. The van der Waals surface area contributed by atoms with Gasteiger partial charge in [-0.15, -0.1) is 0 Å². The molecule has 1 aromatic carbocycles. The van der Waals surface area contributed by atoms with E-state index in [0.29, 0.717) is 17.0 Å². The molecule has 0 aliphatic rings. The number of hydrogen-bond acceptors (Lipinski definition) is 3. The zero-order valence-corrected chi connectivity index (χ0v) is 12.4. The molecular weight excluding hydrogens is 297 g/mol. The Kier molecular flexibility index (Phi) is 5.43. The van der Waals surface area contributed by atoms with E-state index < -0.39 is 16.1 Å². The Morgan fingerprint density at radius 2 is 1.94 bits per heavy atom. The van der Waals surface area contributed by atoms with Crippen LogP contribution >= 0.6 is 23.2 Å². The molecular formula is C11H15Cl2NO3S. The predicted molar refractivity (Wildman–Crippen MR) is 72.7 cm³/mol. The fourth-order valence-corrected chi connectivity index (χ4v) is 3.51. The second kappa shape index (κ2) is 6.21. The lowest BCUT2D eigenvalue weighted by molar-refractivity contribution is 0.254. The number of nitrogens with one attached hydrogen (secondary N) is 1. The second-order valence-corrected chi connectivity index (χ2v) is 6.44. The minimum absolute atomic E-state index is 0.0297. The summed E-state index contributed by atoms with van der Waals surface area (Å²) in [6.45, 7) is 3.21. The van der Waals surface area contributed by atoms with E-state index in [1.165, 1.54) is 12.1 Å². The first-order chi connectivity index (χ1) is 8.31. The molecule has 1 aromatic rings. The number of aliphatic hydroxyl groups excluding tert-OH is 1. The lowest BCUT2D eigenvalue weighted by Crippen LogP contribution is -2.37. The van der Waals surface area contributed by atoms with Crippen LogP contribution in [0.1, 0.15) is 18.9 Å². The molecule has 1 rings (SSSR count). The minimum Gasteiger partial charge on any atom is -0.395 e. The number of rotatable bonds is 5. The Morgan fingerprint density at radius 1 is 1.33 bits per heavy atom. The van der Waals surface area contributed by atoms with Crippen molar-refractivity contribution >= 4 is 33.2 Å². The van der Waals surface area contributed by atoms with Crippen LogP contribution < -0.4 is 4.72 Å². The first kappa shape index (κ1) is 15.7. The van der Waals surface area contributed by atoms with Crippen molar-refractivity contribution in [2.75, 3.05) is 6.61 Å². The summed E-state index contributed by atoms with van der Waals surface area (Å²) in [5.74, 6) is 0. The molecule has 0 saturated carbocycles. The highest BCUT2D eigenvalue weighted by molar-refractivity contribution is 7.89. The largest absolute Gasteiger partial charge is 0.395 e. The van der Waals surface area contributed by atoms with Gasteiger partial charge in [-0.2, -0.15) is 0 Å². The summed E-state index contributed by atoms with van der Waals surface area (Å²) < 4.78 is 26.6. The average Bonchev–Trinajstić information content (AvgIpc) is 2.30. The first-order valence-electron chi connectivity index (χ1n) is 5.40. The summed E-state index contributed by atoms with van der Waals surface area (Å²) >= 11 is 11.7. The fraction of sp³-hybridized carbons (Fsp3) is 0.455. The van der Waals surface area contributed by atoms with E-state index in [4.69, 9.17) is 28.3 Å². The van der Waals surface area contributed by atoms with E-state index in [0.717, 1.165) is 0 Å². The molecule has 2 N–H and O–H groups in total. The quantitative estimate of drug-likeness (QED) is 0.877. The van der Waals surface area contributed by atoms with Crippen LogP contribution in [0.4, 0.5) is 0 Å². The molecule has 0 heterocycles. The molecule has 18 heavy (non-hydrogen) atoms. The molecule has 0 unspecified atom stereocenters. The van der Waals surface area contributed by atoms with Crippen LogP contribution in [0.2, 0.25) is 10.0 Å². The monoisotopic (exact) mass is 311 g/mol. The molecule has 4 nitrogen and oxygen atoms in total. The molecule has 0 radical (unpaired) electrons. The van der Waals surface area contributed by atoms with Crippen molar-refractivity contribution in [1.82, 2.24) is 4.72 Å². The summed E-state index contributed by atoms with van der Waals surface area (Å²) in [6, 6.07) is 2.28. The number of hydrogen-bond donors (Lipinski definition) is 2. The van der Waals surface area contributed by atoms with Crippen molar-refractivity contribution in [3.05, 3.63) is 27.7 Å². The third-order valence-electron chi connectivity index (χ3n) is 2.54. The van der Waals surface area contributed by atoms with E-state index >= 15 is 0 Å². The lowest BCUT2D eigenvalue weighted by Gasteiger charge is -2.15. The molecule has 0 bridgehead atoms. The lowest BCUT2D eigenvalue weighted by atomic mass is 10.2. The highest BCUT2D eigenvalue weighted by Crippen LogP contribution is 2.28. The van der Waals surface area contributed by atoms with Gasteiger partial charge in [0.05, 0.1) is 11.6 Å². The Labute approximate surface area is 117 Å². The van der Waals surface area contributed by atoms with Crippen LogP contribution in [-0.2, 0) is 10.0 Å². The number of benzene rings is 1. The molecule has 0 fully saturated rings. The van der Waals surface area contributed by atoms with Gasteiger partial charge in [0.25, 0.3) is 0 Å². The van der Waals surface area contributed by atoms with E-state index in [-0.39, 0.29) is 16.5 Å².